The third-order valence-corrected chi connectivity index (χ3v) is 8.22. The third kappa shape index (κ3) is 6.56. The second-order valence-corrected chi connectivity index (χ2v) is 11.5. The summed E-state index contributed by atoms with van der Waals surface area (Å²) in [5.74, 6) is -5.19. The molecule has 49 heavy (non-hydrogen) atoms. The second-order valence-electron chi connectivity index (χ2n) is 11.1. The summed E-state index contributed by atoms with van der Waals surface area (Å²) in [4.78, 5) is 37.3. The maximum atomic E-state index is 15.3. The molecule has 2 amide bonds. The van der Waals surface area contributed by atoms with E-state index >= 15 is 4.39 Å². The van der Waals surface area contributed by atoms with Gasteiger partial charge in [-0.3, -0.25) is 9.59 Å². The lowest BCUT2D eigenvalue weighted by Crippen LogP contribution is -2.44. The number of alkyl halides is 2. The molecule has 4 aromatic rings. The van der Waals surface area contributed by atoms with E-state index in [4.69, 9.17) is 32.5 Å². The lowest BCUT2D eigenvalue weighted by atomic mass is 9.81. The Morgan fingerprint density at radius 3 is 2.55 bits per heavy atom. The molecular weight excluding hydrogens is 679 g/mol. The number of hydrogen-bond acceptors (Lipinski definition) is 9. The Morgan fingerprint density at radius 2 is 1.90 bits per heavy atom. The number of benzene rings is 2. The molecule has 5 rings (SSSR count). The van der Waals surface area contributed by atoms with E-state index in [1.165, 1.54) is 38.3 Å². The van der Waals surface area contributed by atoms with Gasteiger partial charge in [0, 0.05) is 34.5 Å². The quantitative estimate of drug-likeness (QED) is 0.0473. The van der Waals surface area contributed by atoms with Crippen LogP contribution in [0.3, 0.4) is 0 Å². The number of primary amides is 1. The van der Waals surface area contributed by atoms with Crippen molar-refractivity contribution in [3.63, 3.8) is 0 Å². The van der Waals surface area contributed by atoms with Crippen LogP contribution in [0.4, 0.5) is 27.6 Å². The van der Waals surface area contributed by atoms with Crippen LogP contribution in [0.15, 0.2) is 53.5 Å². The number of nitrogens with zero attached hydrogens (tertiary/aromatic N) is 3. The number of aliphatic imine (C=N–C) groups is 1. The SMILES string of the molecule is COc1cc(C(=O)NC[C@@](O)(c2cccc(F)n2)c2cc3c(c(-c4cc(Cl)c(F)cc4F)n2)OC[C@]3(C)C(N)=O)cc(/C=N/C(F)F)c1N. The molecule has 0 bridgehead atoms. The summed E-state index contributed by atoms with van der Waals surface area (Å²) >= 11 is 5.96. The van der Waals surface area contributed by atoms with E-state index in [0.29, 0.717) is 6.07 Å². The van der Waals surface area contributed by atoms with Crippen molar-refractivity contribution in [2.75, 3.05) is 26.0 Å². The standard InChI is InChI=1S/C32H26ClF5N6O5/c1-31(29(40)46)13-49-27-17(31)9-23(44-26(27)16-8-18(33)20(35)10-19(16)34)32(47,22-4-3-5-24(36)43-22)12-42-28(45)14-6-15(11-41-30(37)38)25(39)21(7-14)48-2/h3-11,30,47H,12-13,39H2,1-2H3,(H2,40,46)(H,42,45)/b41-11+/t31-,32+/m0/s1. The van der Waals surface area contributed by atoms with E-state index in [-0.39, 0.29) is 57.4 Å². The van der Waals surface area contributed by atoms with Crippen molar-refractivity contribution in [1.29, 1.82) is 0 Å². The Balaban J connectivity index is 1.68. The summed E-state index contributed by atoms with van der Waals surface area (Å²) in [6.45, 7) is -2.76. The van der Waals surface area contributed by atoms with Gasteiger partial charge in [0.25, 0.3) is 5.91 Å². The van der Waals surface area contributed by atoms with Gasteiger partial charge in [0.2, 0.25) is 11.9 Å². The van der Waals surface area contributed by atoms with Gasteiger partial charge in [-0.1, -0.05) is 17.7 Å². The fraction of sp³-hybridized carbons (Fsp3) is 0.219. The molecule has 2 aromatic carbocycles. The number of aromatic nitrogens is 2. The minimum Gasteiger partial charge on any atom is -0.495 e. The van der Waals surface area contributed by atoms with Gasteiger partial charge >= 0.3 is 6.55 Å². The van der Waals surface area contributed by atoms with Gasteiger partial charge < -0.3 is 31.4 Å². The lowest BCUT2D eigenvalue weighted by Gasteiger charge is -2.29. The molecule has 1 aliphatic heterocycles. The Bertz CT molecular complexity index is 2020. The van der Waals surface area contributed by atoms with E-state index < -0.39 is 64.2 Å². The molecule has 2 aromatic heterocycles. The molecular formula is C32H26ClF5N6O5. The molecule has 0 radical (unpaired) electrons. The van der Waals surface area contributed by atoms with Crippen molar-refractivity contribution in [1.82, 2.24) is 15.3 Å². The van der Waals surface area contributed by atoms with E-state index in [1.807, 2.05) is 0 Å². The fourth-order valence-corrected chi connectivity index (χ4v) is 5.30. The zero-order valence-electron chi connectivity index (χ0n) is 25.5. The van der Waals surface area contributed by atoms with Gasteiger partial charge in [0.05, 0.1) is 35.8 Å². The van der Waals surface area contributed by atoms with Gasteiger partial charge in [-0.2, -0.15) is 13.2 Å². The average molecular weight is 705 g/mol. The highest BCUT2D eigenvalue weighted by molar-refractivity contribution is 6.31. The maximum Gasteiger partial charge on any atom is 0.331 e. The Labute approximate surface area is 279 Å². The molecule has 0 fully saturated rings. The highest BCUT2D eigenvalue weighted by Gasteiger charge is 2.46. The van der Waals surface area contributed by atoms with E-state index in [2.05, 4.69) is 20.3 Å². The monoisotopic (exact) mass is 704 g/mol. The molecule has 256 valence electrons. The minimum atomic E-state index is -3.07. The van der Waals surface area contributed by atoms with E-state index in [0.717, 1.165) is 24.4 Å². The van der Waals surface area contributed by atoms with Crippen LogP contribution < -0.4 is 26.3 Å². The molecule has 0 saturated carbocycles. The van der Waals surface area contributed by atoms with Crippen LogP contribution >= 0.6 is 11.6 Å². The largest absolute Gasteiger partial charge is 0.495 e. The van der Waals surface area contributed by atoms with E-state index in [1.54, 1.807) is 0 Å². The van der Waals surface area contributed by atoms with Gasteiger partial charge in [-0.25, -0.2) is 23.7 Å². The number of carbonyl (C=O) groups excluding carboxylic acids is 2. The molecule has 1 aliphatic rings. The van der Waals surface area contributed by atoms with Crippen molar-refractivity contribution >= 4 is 35.3 Å². The number of nitrogen functional groups attached to an aromatic ring is 1. The van der Waals surface area contributed by atoms with Gasteiger partial charge in [0.15, 0.2) is 5.60 Å². The highest BCUT2D eigenvalue weighted by atomic mass is 35.5. The number of amides is 2. The van der Waals surface area contributed by atoms with Crippen LogP contribution in [-0.2, 0) is 15.8 Å². The molecule has 0 aliphatic carbocycles. The molecule has 3 heterocycles. The molecule has 17 heteroatoms. The Morgan fingerprint density at radius 1 is 1.16 bits per heavy atom. The van der Waals surface area contributed by atoms with Crippen LogP contribution in [0.25, 0.3) is 11.3 Å². The number of pyridine rings is 2. The zero-order chi connectivity index (χ0) is 35.8. The van der Waals surface area contributed by atoms with E-state index in [9.17, 15) is 32.3 Å². The summed E-state index contributed by atoms with van der Waals surface area (Å²) in [5.41, 5.74) is 5.78. The summed E-state index contributed by atoms with van der Waals surface area (Å²) < 4.78 is 80.3. The van der Waals surface area contributed by atoms with Crippen molar-refractivity contribution in [3.8, 4) is 22.8 Å². The molecule has 11 nitrogen and oxygen atoms in total. The maximum absolute atomic E-state index is 15.3. The van der Waals surface area contributed by atoms with Crippen LogP contribution in [0.2, 0.25) is 5.02 Å². The van der Waals surface area contributed by atoms with Crippen molar-refractivity contribution < 1.29 is 46.1 Å². The highest BCUT2D eigenvalue weighted by Crippen LogP contribution is 2.47. The normalized spacial score (nSPS) is 16.7. The predicted molar refractivity (Wildman–Crippen MR) is 167 cm³/mol. The van der Waals surface area contributed by atoms with Crippen molar-refractivity contribution in [2.45, 2.75) is 24.5 Å². The lowest BCUT2D eigenvalue weighted by molar-refractivity contribution is -0.123. The molecule has 0 saturated heterocycles. The van der Waals surface area contributed by atoms with Crippen LogP contribution in [-0.4, -0.2) is 59.9 Å². The van der Waals surface area contributed by atoms with Gasteiger partial charge in [0.1, 0.15) is 40.8 Å². The summed E-state index contributed by atoms with van der Waals surface area (Å²) in [7, 11) is 1.23. The molecule has 2 atom stereocenters. The van der Waals surface area contributed by atoms with Gasteiger partial charge in [-0.05, 0) is 43.3 Å². The number of methoxy groups -OCH3 is 1. The number of nitrogens with one attached hydrogen (secondary N) is 1. The number of hydrogen-bond donors (Lipinski definition) is 4. The first kappa shape index (κ1) is 35.0. The number of rotatable bonds is 10. The third-order valence-electron chi connectivity index (χ3n) is 7.93. The predicted octanol–water partition coefficient (Wildman–Crippen LogP) is 4.25. The number of carbonyl (C=O) groups is 2. The minimum absolute atomic E-state index is 0.0345. The zero-order valence-corrected chi connectivity index (χ0v) is 26.3. The van der Waals surface area contributed by atoms with Crippen LogP contribution in [0, 0.1) is 17.6 Å². The number of anilines is 1. The second kappa shape index (κ2) is 13.3. The van der Waals surface area contributed by atoms with Crippen LogP contribution in [0.1, 0.15) is 39.8 Å². The topological polar surface area (TPSA) is 175 Å². The molecule has 0 spiro atoms. The summed E-state index contributed by atoms with van der Waals surface area (Å²) in [5, 5.41) is 14.3. The summed E-state index contributed by atoms with van der Waals surface area (Å²) in [6.07, 6.45) is 0.751. The van der Waals surface area contributed by atoms with Crippen LogP contribution in [0.5, 0.6) is 11.5 Å². The number of nitrogens with two attached hydrogens (primary N) is 2. The number of halogens is 6. The Kier molecular flexibility index (Phi) is 9.48. The number of aliphatic hydroxyl groups is 1. The van der Waals surface area contributed by atoms with Crippen molar-refractivity contribution in [2.24, 2.45) is 10.7 Å². The smallest absolute Gasteiger partial charge is 0.331 e. The first-order valence-electron chi connectivity index (χ1n) is 14.1. The fourth-order valence-electron chi connectivity index (χ4n) is 5.14. The molecule has 6 N–H and O–H groups in total. The first-order valence-corrected chi connectivity index (χ1v) is 14.5. The number of ether oxygens (including phenoxy) is 2. The van der Waals surface area contributed by atoms with Crippen molar-refractivity contribution in [3.05, 3.63) is 99.2 Å². The first-order chi connectivity index (χ1) is 23.1. The number of fused-ring (bicyclic) bond motifs is 1. The summed E-state index contributed by atoms with van der Waals surface area (Å²) in [6, 6.07) is 8.40. The van der Waals surface area contributed by atoms with Gasteiger partial charge in [-0.15, -0.1) is 0 Å². The Hall–Kier alpha value is -5.35. The molecule has 0 unspecified atom stereocenters. The average Bonchev–Trinajstić information content (AvgIpc) is 3.41.